The molecular formula is C43H29BF5N3. The average Bonchev–Trinajstić information content (AvgIpc) is 3.19. The van der Waals surface area contributed by atoms with Crippen molar-refractivity contribution in [1.82, 2.24) is 0 Å². The van der Waals surface area contributed by atoms with Gasteiger partial charge in [0, 0.05) is 34.1 Å². The van der Waals surface area contributed by atoms with Crippen LogP contribution in [0.4, 0.5) is 61.8 Å². The van der Waals surface area contributed by atoms with Crippen molar-refractivity contribution in [3.63, 3.8) is 0 Å². The quantitative estimate of drug-likeness (QED) is 0.0598. The summed E-state index contributed by atoms with van der Waals surface area (Å²) in [4.78, 5) is 8.09. The Morgan fingerprint density at radius 1 is 0.558 bits per heavy atom. The van der Waals surface area contributed by atoms with Gasteiger partial charge in [0.25, 0.3) is 6.71 Å². The van der Waals surface area contributed by atoms with Gasteiger partial charge in [0.2, 0.25) is 5.82 Å². The summed E-state index contributed by atoms with van der Waals surface area (Å²) in [7, 11) is 0. The van der Waals surface area contributed by atoms with Crippen molar-refractivity contribution in [3.8, 4) is 11.1 Å². The summed E-state index contributed by atoms with van der Waals surface area (Å²) in [5.74, 6) is -9.60. The number of anilines is 6. The van der Waals surface area contributed by atoms with Crippen LogP contribution >= 0.6 is 0 Å². The minimum Gasteiger partial charge on any atom is -0.313 e. The summed E-state index contributed by atoms with van der Waals surface area (Å²) in [6.07, 6.45) is 5.63. The summed E-state index contributed by atoms with van der Waals surface area (Å²) in [5.41, 5.74) is 8.09. The molecule has 0 unspecified atom stereocenters. The van der Waals surface area contributed by atoms with Crippen LogP contribution < -0.4 is 26.2 Å². The summed E-state index contributed by atoms with van der Waals surface area (Å²) >= 11 is 0. The number of para-hydroxylation sites is 2. The second-order valence-corrected chi connectivity index (χ2v) is 13.7. The van der Waals surface area contributed by atoms with E-state index < -0.39 is 41.4 Å². The Morgan fingerprint density at radius 2 is 1.13 bits per heavy atom. The fraction of sp³-hybridized carbons (Fsp3) is 0.140. The van der Waals surface area contributed by atoms with Crippen LogP contribution in [0.2, 0.25) is 0 Å². The van der Waals surface area contributed by atoms with Crippen LogP contribution in [0.5, 0.6) is 0 Å². The van der Waals surface area contributed by atoms with E-state index in [4.69, 9.17) is 6.57 Å². The smallest absolute Gasteiger partial charge is 0.252 e. The molecule has 52 heavy (non-hydrogen) atoms. The Labute approximate surface area is 298 Å². The lowest BCUT2D eigenvalue weighted by atomic mass is 9.33. The third-order valence-electron chi connectivity index (χ3n) is 10.8. The summed E-state index contributed by atoms with van der Waals surface area (Å²) in [6.45, 7) is 7.37. The third-order valence-corrected chi connectivity index (χ3v) is 10.8. The van der Waals surface area contributed by atoms with Crippen LogP contribution in [-0.2, 0) is 0 Å². The lowest BCUT2D eigenvalue weighted by Gasteiger charge is -2.45. The van der Waals surface area contributed by atoms with Crippen molar-refractivity contribution in [3.05, 3.63) is 155 Å². The van der Waals surface area contributed by atoms with Crippen LogP contribution in [0.1, 0.15) is 43.6 Å². The number of rotatable bonds is 4. The van der Waals surface area contributed by atoms with E-state index in [1.807, 2.05) is 72.8 Å². The average molecular weight is 694 g/mol. The predicted octanol–water partition coefficient (Wildman–Crippen LogP) is 10.7. The molecule has 2 heterocycles. The van der Waals surface area contributed by atoms with Crippen LogP contribution in [0.15, 0.2) is 109 Å². The Balaban J connectivity index is 1.39. The van der Waals surface area contributed by atoms with Gasteiger partial charge in [-0.05, 0) is 94.8 Å². The number of halogens is 5. The highest BCUT2D eigenvalue weighted by molar-refractivity contribution is 7.00. The second-order valence-electron chi connectivity index (χ2n) is 13.7. The molecule has 0 N–H and O–H groups in total. The molecule has 0 bridgehead atoms. The van der Waals surface area contributed by atoms with Crippen LogP contribution in [0.25, 0.3) is 16.0 Å². The van der Waals surface area contributed by atoms with E-state index in [2.05, 4.69) is 26.8 Å². The first-order chi connectivity index (χ1) is 25.4. The van der Waals surface area contributed by atoms with E-state index >= 15 is 8.78 Å². The molecule has 1 aliphatic carbocycles. The molecule has 0 atom stereocenters. The molecule has 3 nitrogen and oxygen atoms in total. The zero-order chi connectivity index (χ0) is 35.7. The van der Waals surface area contributed by atoms with Crippen LogP contribution in [0, 0.1) is 35.7 Å². The molecule has 6 aromatic rings. The van der Waals surface area contributed by atoms with Gasteiger partial charge in [0.05, 0.1) is 12.1 Å². The highest BCUT2D eigenvalue weighted by Crippen LogP contribution is 2.47. The first kappa shape index (κ1) is 32.1. The van der Waals surface area contributed by atoms with Crippen molar-refractivity contribution < 1.29 is 22.0 Å². The third kappa shape index (κ3) is 4.85. The normalized spacial score (nSPS) is 14.8. The SMILES string of the molecule is [C-]#[N+]c1ccc2c(c1)N(c1ccccc1)c1cc(C3CCCCC3)cc3c1B2c1cc(-c2c(F)c(F)c(F)c(F)c2F)ccc1N3c1ccccc1. The van der Waals surface area contributed by atoms with Crippen molar-refractivity contribution in [1.29, 1.82) is 0 Å². The molecule has 0 spiro atoms. The van der Waals surface area contributed by atoms with E-state index in [1.165, 1.54) is 18.1 Å². The van der Waals surface area contributed by atoms with Crippen molar-refractivity contribution in [2.24, 2.45) is 0 Å². The number of hydrogen-bond acceptors (Lipinski definition) is 2. The molecule has 0 saturated heterocycles. The Hall–Kier alpha value is -5.88. The van der Waals surface area contributed by atoms with Gasteiger partial charge in [0.1, 0.15) is 0 Å². The van der Waals surface area contributed by atoms with Gasteiger partial charge in [-0.1, -0.05) is 79.9 Å². The molecule has 3 aliphatic rings. The first-order valence-electron chi connectivity index (χ1n) is 17.4. The standard InChI is InChI=1S/C43H29BF5N3/c1-50-28-18-19-31-34(24-28)52(30-15-9-4-10-16-30)36-23-27(25-11-5-2-6-12-25)22-35-38(36)44(31)32-21-26(37-39(45)41(47)43(49)42(48)40(37)46)17-20-33(32)51(35)29-13-7-3-8-14-29/h3-4,7-10,13-25H,2,5-6,11-12H2. The number of fused-ring (bicyclic) bond motifs is 4. The zero-order valence-corrected chi connectivity index (χ0v) is 27.8. The van der Waals surface area contributed by atoms with Gasteiger partial charge in [-0.25, -0.2) is 26.8 Å². The molecular weight excluding hydrogens is 664 g/mol. The fourth-order valence-corrected chi connectivity index (χ4v) is 8.47. The second kappa shape index (κ2) is 12.4. The molecule has 1 fully saturated rings. The van der Waals surface area contributed by atoms with Gasteiger partial charge in [-0.15, -0.1) is 0 Å². The Bertz CT molecular complexity index is 2410. The fourth-order valence-electron chi connectivity index (χ4n) is 8.47. The van der Waals surface area contributed by atoms with Crippen molar-refractivity contribution in [2.75, 3.05) is 9.80 Å². The maximum atomic E-state index is 15.4. The van der Waals surface area contributed by atoms with Gasteiger partial charge >= 0.3 is 0 Å². The van der Waals surface area contributed by atoms with E-state index in [0.29, 0.717) is 17.1 Å². The van der Waals surface area contributed by atoms with E-state index in [0.717, 1.165) is 70.7 Å². The molecule has 2 aliphatic heterocycles. The van der Waals surface area contributed by atoms with Gasteiger partial charge in [-0.2, -0.15) is 0 Å². The molecule has 9 rings (SSSR count). The summed E-state index contributed by atoms with van der Waals surface area (Å²) in [6, 6.07) is 34.5. The molecule has 254 valence electrons. The largest absolute Gasteiger partial charge is 0.313 e. The number of hydrogen-bond donors (Lipinski definition) is 0. The first-order valence-corrected chi connectivity index (χ1v) is 17.4. The highest BCUT2D eigenvalue weighted by Gasteiger charge is 2.44. The van der Waals surface area contributed by atoms with Gasteiger partial charge in [-0.3, -0.25) is 0 Å². The molecule has 9 heteroatoms. The minimum atomic E-state index is -2.20. The highest BCUT2D eigenvalue weighted by atomic mass is 19.2. The van der Waals surface area contributed by atoms with Crippen LogP contribution in [-0.4, -0.2) is 6.71 Å². The lowest BCUT2D eigenvalue weighted by molar-refractivity contribution is 0.381. The molecule has 6 aromatic carbocycles. The van der Waals surface area contributed by atoms with Gasteiger partial charge in [0.15, 0.2) is 29.0 Å². The Morgan fingerprint density at radius 3 is 1.73 bits per heavy atom. The number of nitrogens with zero attached hydrogens (tertiary/aromatic N) is 3. The number of benzene rings is 6. The molecule has 0 radical (unpaired) electrons. The maximum absolute atomic E-state index is 15.4. The van der Waals surface area contributed by atoms with E-state index in [1.54, 1.807) is 18.2 Å². The summed E-state index contributed by atoms with van der Waals surface area (Å²) in [5, 5.41) is 0. The van der Waals surface area contributed by atoms with Crippen molar-refractivity contribution in [2.45, 2.75) is 38.0 Å². The molecule has 1 saturated carbocycles. The van der Waals surface area contributed by atoms with E-state index in [9.17, 15) is 13.2 Å². The van der Waals surface area contributed by atoms with Gasteiger partial charge < -0.3 is 9.80 Å². The molecule has 0 amide bonds. The monoisotopic (exact) mass is 693 g/mol. The Kier molecular flexibility index (Phi) is 7.65. The topological polar surface area (TPSA) is 10.8 Å². The minimum absolute atomic E-state index is 0.131. The van der Waals surface area contributed by atoms with Crippen LogP contribution in [0.3, 0.4) is 0 Å². The zero-order valence-electron chi connectivity index (χ0n) is 27.8. The summed E-state index contributed by atoms with van der Waals surface area (Å²) < 4.78 is 74.1. The predicted molar refractivity (Wildman–Crippen MR) is 198 cm³/mol. The lowest BCUT2D eigenvalue weighted by Crippen LogP contribution is -2.61. The maximum Gasteiger partial charge on any atom is 0.252 e. The van der Waals surface area contributed by atoms with E-state index in [-0.39, 0.29) is 5.56 Å². The van der Waals surface area contributed by atoms with Crippen molar-refractivity contribution >= 4 is 62.9 Å². The molecule has 0 aromatic heterocycles.